The largest absolute Gasteiger partial charge is 0.508 e. The second-order valence-corrected chi connectivity index (χ2v) is 8.57. The number of methoxy groups -OCH3 is 1. The minimum absolute atomic E-state index is 0.0654. The molecule has 0 bridgehead atoms. The van der Waals surface area contributed by atoms with Crippen molar-refractivity contribution in [3.63, 3.8) is 0 Å². The number of carbonyl (C=O) groups is 2. The molecule has 0 atom stereocenters. The van der Waals surface area contributed by atoms with Crippen molar-refractivity contribution >= 4 is 51.9 Å². The quantitative estimate of drug-likeness (QED) is 0.151. The number of ether oxygens (including phenoxy) is 2. The number of nitriles is 1. The summed E-state index contributed by atoms with van der Waals surface area (Å²) >= 11 is 2.03. The molecule has 8 nitrogen and oxygen atoms in total. The first-order chi connectivity index (χ1) is 16.8. The van der Waals surface area contributed by atoms with Crippen molar-refractivity contribution in [2.24, 2.45) is 0 Å². The molecule has 3 aromatic carbocycles. The molecule has 3 rings (SSSR count). The molecule has 0 fully saturated rings. The van der Waals surface area contributed by atoms with Crippen molar-refractivity contribution in [1.82, 2.24) is 0 Å². The number of halogens is 1. The molecule has 0 unspecified atom stereocenters. The van der Waals surface area contributed by atoms with Crippen LogP contribution in [0.4, 0.5) is 11.4 Å². The summed E-state index contributed by atoms with van der Waals surface area (Å²) in [6, 6.07) is 18.5. The van der Waals surface area contributed by atoms with Gasteiger partial charge in [0.1, 0.15) is 17.4 Å². The number of hydrogen-bond donors (Lipinski definition) is 3. The third-order valence-corrected chi connectivity index (χ3v) is 5.54. The lowest BCUT2D eigenvalue weighted by Crippen LogP contribution is -2.20. The van der Waals surface area contributed by atoms with Gasteiger partial charge in [0.25, 0.3) is 11.8 Å². The van der Waals surface area contributed by atoms with E-state index in [9.17, 15) is 20.0 Å². The number of hydrogen-bond acceptors (Lipinski definition) is 6. The maximum atomic E-state index is 12.5. The Kier molecular flexibility index (Phi) is 8.69. The highest BCUT2D eigenvalue weighted by Gasteiger charge is 2.15. The minimum Gasteiger partial charge on any atom is -0.508 e. The molecule has 0 aliphatic heterocycles. The predicted octanol–water partition coefficient (Wildman–Crippen LogP) is 4.88. The van der Waals surface area contributed by atoms with Gasteiger partial charge in [0.15, 0.2) is 18.1 Å². The van der Waals surface area contributed by atoms with E-state index >= 15 is 0 Å². The maximum Gasteiger partial charge on any atom is 0.266 e. The second-order valence-electron chi connectivity index (χ2n) is 7.41. The number of amides is 2. The Bertz CT molecular complexity index is 1300. The Labute approximate surface area is 216 Å². The van der Waals surface area contributed by atoms with Crippen molar-refractivity contribution in [2.75, 3.05) is 24.4 Å². The van der Waals surface area contributed by atoms with Gasteiger partial charge in [-0.3, -0.25) is 9.59 Å². The molecular weight excluding hydrogens is 561 g/mol. The van der Waals surface area contributed by atoms with Gasteiger partial charge in [-0.15, -0.1) is 0 Å². The fourth-order valence-electron chi connectivity index (χ4n) is 2.99. The van der Waals surface area contributed by atoms with E-state index in [1.54, 1.807) is 12.1 Å². The van der Waals surface area contributed by atoms with E-state index in [-0.39, 0.29) is 23.8 Å². The first-order valence-corrected chi connectivity index (χ1v) is 11.5. The van der Waals surface area contributed by atoms with E-state index in [0.717, 1.165) is 5.56 Å². The number of phenols is 1. The van der Waals surface area contributed by atoms with Crippen LogP contribution in [0.15, 0.2) is 66.2 Å². The van der Waals surface area contributed by atoms with Crippen LogP contribution in [0.1, 0.15) is 11.1 Å². The highest BCUT2D eigenvalue weighted by molar-refractivity contribution is 14.1. The van der Waals surface area contributed by atoms with Crippen molar-refractivity contribution in [3.8, 4) is 23.3 Å². The standard InChI is InChI=1S/C26H22IN3O5/c1-16-3-5-19(6-4-16)29-24(32)15-35-25-22(27)12-17(13-23(25)34-2)11-18(14-28)26(33)30-20-7-9-21(31)10-8-20/h3-13,31H,15H2,1-2H3,(H,29,32)(H,30,33)/b18-11+. The van der Waals surface area contributed by atoms with Crippen LogP contribution >= 0.6 is 22.6 Å². The van der Waals surface area contributed by atoms with Crippen LogP contribution in [0.5, 0.6) is 17.2 Å². The fourth-order valence-corrected chi connectivity index (χ4v) is 3.77. The SMILES string of the molecule is COc1cc(/C=C(\C#N)C(=O)Nc2ccc(O)cc2)cc(I)c1OCC(=O)Nc1ccc(C)cc1. The first kappa shape index (κ1) is 25.6. The number of carbonyl (C=O) groups excluding carboxylic acids is 2. The number of phenolic OH excluding ortho intramolecular Hbond substituents is 1. The number of rotatable bonds is 8. The molecule has 0 aromatic heterocycles. The van der Waals surface area contributed by atoms with Gasteiger partial charge < -0.3 is 25.2 Å². The molecule has 35 heavy (non-hydrogen) atoms. The summed E-state index contributed by atoms with van der Waals surface area (Å²) in [6.07, 6.45) is 1.42. The van der Waals surface area contributed by atoms with Crippen LogP contribution < -0.4 is 20.1 Å². The molecular formula is C26H22IN3O5. The Balaban J connectivity index is 1.72. The molecule has 0 radical (unpaired) electrons. The smallest absolute Gasteiger partial charge is 0.266 e. The molecule has 0 heterocycles. The Morgan fingerprint density at radius 3 is 2.31 bits per heavy atom. The summed E-state index contributed by atoms with van der Waals surface area (Å²) in [7, 11) is 1.46. The second kappa shape index (κ2) is 11.9. The minimum atomic E-state index is -0.597. The van der Waals surface area contributed by atoms with Crippen LogP contribution in [0.2, 0.25) is 0 Å². The number of aromatic hydroxyl groups is 1. The summed E-state index contributed by atoms with van der Waals surface area (Å²) in [6.45, 7) is 1.73. The van der Waals surface area contributed by atoms with Gasteiger partial charge in [0.2, 0.25) is 0 Å². The molecule has 3 N–H and O–H groups in total. The number of aryl methyl sites for hydroxylation is 1. The van der Waals surface area contributed by atoms with E-state index in [1.807, 2.05) is 59.8 Å². The molecule has 0 aliphatic carbocycles. The Morgan fingerprint density at radius 1 is 1.06 bits per heavy atom. The molecule has 178 valence electrons. The van der Waals surface area contributed by atoms with Gasteiger partial charge >= 0.3 is 0 Å². The van der Waals surface area contributed by atoms with E-state index < -0.39 is 5.91 Å². The molecule has 0 saturated carbocycles. The summed E-state index contributed by atoms with van der Waals surface area (Å²) in [4.78, 5) is 24.8. The van der Waals surface area contributed by atoms with E-state index in [4.69, 9.17) is 9.47 Å². The van der Waals surface area contributed by atoms with Crippen LogP contribution in [0.3, 0.4) is 0 Å². The van der Waals surface area contributed by atoms with E-state index in [0.29, 0.717) is 32.0 Å². The zero-order valence-electron chi connectivity index (χ0n) is 19.0. The molecule has 0 saturated heterocycles. The summed E-state index contributed by atoms with van der Waals surface area (Å²) < 4.78 is 11.8. The highest BCUT2D eigenvalue weighted by atomic mass is 127. The van der Waals surface area contributed by atoms with Gasteiger partial charge in [0.05, 0.1) is 10.7 Å². The topological polar surface area (TPSA) is 121 Å². The summed E-state index contributed by atoms with van der Waals surface area (Å²) in [5, 5.41) is 24.2. The van der Waals surface area contributed by atoms with Gasteiger partial charge in [-0.2, -0.15) is 5.26 Å². The monoisotopic (exact) mass is 583 g/mol. The van der Waals surface area contributed by atoms with Gasteiger partial charge in [0, 0.05) is 11.4 Å². The summed E-state index contributed by atoms with van der Waals surface area (Å²) in [5.41, 5.74) is 2.61. The molecule has 3 aromatic rings. The normalized spacial score (nSPS) is 10.7. The van der Waals surface area contributed by atoms with Crippen LogP contribution in [0, 0.1) is 21.8 Å². The molecule has 2 amide bonds. The summed E-state index contributed by atoms with van der Waals surface area (Å²) in [5.74, 6) is -0.136. The average molecular weight is 583 g/mol. The van der Waals surface area contributed by atoms with Crippen LogP contribution in [-0.2, 0) is 9.59 Å². The highest BCUT2D eigenvalue weighted by Crippen LogP contribution is 2.34. The third kappa shape index (κ3) is 7.22. The van der Waals surface area contributed by atoms with Crippen LogP contribution in [0.25, 0.3) is 6.08 Å². The fraction of sp³-hybridized carbons (Fsp3) is 0.115. The van der Waals surface area contributed by atoms with Crippen molar-refractivity contribution in [1.29, 1.82) is 5.26 Å². The van der Waals surface area contributed by atoms with Crippen molar-refractivity contribution < 1.29 is 24.2 Å². The predicted molar refractivity (Wildman–Crippen MR) is 141 cm³/mol. The third-order valence-electron chi connectivity index (χ3n) is 4.74. The Morgan fingerprint density at radius 2 is 1.69 bits per heavy atom. The van der Waals surface area contributed by atoms with Crippen molar-refractivity contribution in [2.45, 2.75) is 6.92 Å². The Hall–Kier alpha value is -4.04. The zero-order valence-corrected chi connectivity index (χ0v) is 21.1. The lowest BCUT2D eigenvalue weighted by atomic mass is 10.1. The zero-order chi connectivity index (χ0) is 25.4. The number of nitrogens with one attached hydrogen (secondary N) is 2. The number of anilines is 2. The number of nitrogens with zero attached hydrogens (tertiary/aromatic N) is 1. The van der Waals surface area contributed by atoms with E-state index in [1.165, 1.54) is 37.5 Å². The lowest BCUT2D eigenvalue weighted by Gasteiger charge is -2.14. The van der Waals surface area contributed by atoms with Gasteiger partial charge in [-0.05, 0) is 89.7 Å². The lowest BCUT2D eigenvalue weighted by molar-refractivity contribution is -0.118. The van der Waals surface area contributed by atoms with Crippen LogP contribution in [-0.4, -0.2) is 30.6 Å². The van der Waals surface area contributed by atoms with Gasteiger partial charge in [-0.25, -0.2) is 0 Å². The average Bonchev–Trinajstić information content (AvgIpc) is 2.84. The molecule has 9 heteroatoms. The molecule has 0 aliphatic rings. The van der Waals surface area contributed by atoms with Gasteiger partial charge in [-0.1, -0.05) is 17.7 Å². The molecule has 0 spiro atoms. The first-order valence-electron chi connectivity index (χ1n) is 10.4. The van der Waals surface area contributed by atoms with Crippen molar-refractivity contribution in [3.05, 3.63) is 80.9 Å². The number of benzene rings is 3. The van der Waals surface area contributed by atoms with E-state index in [2.05, 4.69) is 10.6 Å². The maximum absolute atomic E-state index is 12.5.